The molecule has 0 radical (unpaired) electrons. The van der Waals surface area contributed by atoms with Crippen molar-refractivity contribution in [2.24, 2.45) is 23.7 Å². The molecule has 0 atom stereocenters. The third-order valence-electron chi connectivity index (χ3n) is 5.17. The molecule has 17 heavy (non-hydrogen) atoms. The Morgan fingerprint density at radius 2 is 1.65 bits per heavy atom. The fourth-order valence-electron chi connectivity index (χ4n) is 4.91. The third kappa shape index (κ3) is 1.55. The van der Waals surface area contributed by atoms with E-state index in [0.717, 1.165) is 33.7 Å². The maximum absolute atomic E-state index is 6.31. The van der Waals surface area contributed by atoms with Gasteiger partial charge in [0.25, 0.3) is 0 Å². The highest BCUT2D eigenvalue weighted by Crippen LogP contribution is 2.60. The first kappa shape index (κ1) is 10.6. The van der Waals surface area contributed by atoms with Crippen molar-refractivity contribution >= 4 is 28.1 Å². The van der Waals surface area contributed by atoms with Crippen LogP contribution in [0, 0.1) is 23.7 Å². The number of thiazole rings is 1. The van der Waals surface area contributed by atoms with Crippen LogP contribution in [0.25, 0.3) is 0 Å². The van der Waals surface area contributed by atoms with Crippen molar-refractivity contribution in [1.82, 2.24) is 4.98 Å². The SMILES string of the molecule is Nc1nc(C2C3CC4CC(C3)CC2C4)c(Cl)s1. The zero-order valence-corrected chi connectivity index (χ0v) is 11.3. The second-order valence-corrected chi connectivity index (χ2v) is 7.80. The lowest BCUT2D eigenvalue weighted by Gasteiger charge is -2.54. The maximum Gasteiger partial charge on any atom is 0.181 e. The van der Waals surface area contributed by atoms with Gasteiger partial charge in [0.1, 0.15) is 4.34 Å². The first-order valence-electron chi connectivity index (χ1n) is 6.62. The molecule has 1 aromatic rings. The normalized spacial score (nSPS) is 43.2. The quantitative estimate of drug-likeness (QED) is 0.838. The van der Waals surface area contributed by atoms with Crippen LogP contribution in [0.3, 0.4) is 0 Å². The first-order chi connectivity index (χ1) is 8.20. The Morgan fingerprint density at radius 3 is 2.12 bits per heavy atom. The van der Waals surface area contributed by atoms with Crippen LogP contribution < -0.4 is 5.73 Å². The molecule has 4 bridgehead atoms. The summed E-state index contributed by atoms with van der Waals surface area (Å²) in [6.07, 6.45) is 7.13. The summed E-state index contributed by atoms with van der Waals surface area (Å²) in [4.78, 5) is 4.52. The lowest BCUT2D eigenvalue weighted by atomic mass is 9.51. The monoisotopic (exact) mass is 268 g/mol. The molecular weight excluding hydrogens is 252 g/mol. The number of nitrogens with zero attached hydrogens (tertiary/aromatic N) is 1. The van der Waals surface area contributed by atoms with E-state index in [0.29, 0.717) is 11.0 Å². The summed E-state index contributed by atoms with van der Waals surface area (Å²) in [5, 5.41) is 0.638. The predicted octanol–water partition coefficient (Wildman–Crippen LogP) is 3.92. The minimum atomic E-state index is 0.615. The van der Waals surface area contributed by atoms with Crippen LogP contribution in [0.15, 0.2) is 0 Å². The van der Waals surface area contributed by atoms with Crippen molar-refractivity contribution in [2.45, 2.75) is 38.0 Å². The zero-order valence-electron chi connectivity index (χ0n) is 9.73. The molecule has 4 fully saturated rings. The van der Waals surface area contributed by atoms with Gasteiger partial charge in [-0.15, -0.1) is 0 Å². The highest BCUT2D eigenvalue weighted by molar-refractivity contribution is 7.19. The first-order valence-corrected chi connectivity index (χ1v) is 7.82. The Labute approximate surface area is 111 Å². The average Bonchev–Trinajstić information content (AvgIpc) is 2.56. The van der Waals surface area contributed by atoms with E-state index in [9.17, 15) is 0 Å². The van der Waals surface area contributed by atoms with Crippen LogP contribution in [0.2, 0.25) is 4.34 Å². The van der Waals surface area contributed by atoms with Crippen LogP contribution in [-0.2, 0) is 0 Å². The molecule has 4 aliphatic carbocycles. The summed E-state index contributed by atoms with van der Waals surface area (Å²) in [7, 11) is 0. The van der Waals surface area contributed by atoms with Crippen LogP contribution >= 0.6 is 22.9 Å². The van der Waals surface area contributed by atoms with Crippen LogP contribution in [0.5, 0.6) is 0 Å². The summed E-state index contributed by atoms with van der Waals surface area (Å²) in [5.74, 6) is 4.30. The number of hydrogen-bond acceptors (Lipinski definition) is 3. The molecule has 4 saturated carbocycles. The van der Waals surface area contributed by atoms with E-state index in [1.54, 1.807) is 0 Å². The van der Waals surface area contributed by atoms with Crippen molar-refractivity contribution < 1.29 is 0 Å². The molecule has 2 N–H and O–H groups in total. The second kappa shape index (κ2) is 3.61. The highest BCUT2D eigenvalue weighted by atomic mass is 35.5. The molecule has 0 unspecified atom stereocenters. The number of halogens is 1. The van der Waals surface area contributed by atoms with Crippen LogP contribution in [-0.4, -0.2) is 4.98 Å². The van der Waals surface area contributed by atoms with Crippen LogP contribution in [0.1, 0.15) is 43.7 Å². The Balaban J connectivity index is 1.72. The van der Waals surface area contributed by atoms with E-state index in [4.69, 9.17) is 17.3 Å². The lowest BCUT2D eigenvalue weighted by Crippen LogP contribution is -2.43. The number of aromatic nitrogens is 1. The van der Waals surface area contributed by atoms with E-state index < -0.39 is 0 Å². The molecule has 1 heterocycles. The topological polar surface area (TPSA) is 38.9 Å². The van der Waals surface area contributed by atoms with Gasteiger partial charge in [0.2, 0.25) is 0 Å². The summed E-state index contributed by atoms with van der Waals surface area (Å²) in [6.45, 7) is 0. The molecular formula is C13H17ClN2S. The van der Waals surface area contributed by atoms with Gasteiger partial charge in [-0.05, 0) is 55.8 Å². The molecule has 1 aromatic heterocycles. The highest BCUT2D eigenvalue weighted by Gasteiger charge is 2.49. The number of nitrogen functional groups attached to an aromatic ring is 1. The van der Waals surface area contributed by atoms with E-state index >= 15 is 0 Å². The molecule has 4 aliphatic rings. The van der Waals surface area contributed by atoms with Gasteiger partial charge >= 0.3 is 0 Å². The molecule has 0 aromatic carbocycles. The number of anilines is 1. The molecule has 5 rings (SSSR count). The van der Waals surface area contributed by atoms with Crippen molar-refractivity contribution in [2.75, 3.05) is 5.73 Å². The van der Waals surface area contributed by atoms with Gasteiger partial charge in [0.05, 0.1) is 5.69 Å². The van der Waals surface area contributed by atoms with E-state index in [1.165, 1.54) is 43.4 Å². The molecule has 0 amide bonds. The Morgan fingerprint density at radius 1 is 1.06 bits per heavy atom. The molecule has 0 spiro atoms. The van der Waals surface area contributed by atoms with Gasteiger partial charge < -0.3 is 5.73 Å². The predicted molar refractivity (Wildman–Crippen MR) is 71.3 cm³/mol. The van der Waals surface area contributed by atoms with Crippen molar-refractivity contribution in [1.29, 1.82) is 0 Å². The van der Waals surface area contributed by atoms with Gasteiger partial charge in [-0.2, -0.15) is 0 Å². The van der Waals surface area contributed by atoms with Gasteiger partial charge in [-0.25, -0.2) is 4.98 Å². The minimum absolute atomic E-state index is 0.615. The number of nitrogens with two attached hydrogens (primary N) is 1. The van der Waals surface area contributed by atoms with E-state index in [2.05, 4.69) is 4.98 Å². The molecule has 2 nitrogen and oxygen atoms in total. The minimum Gasteiger partial charge on any atom is -0.375 e. The van der Waals surface area contributed by atoms with Gasteiger partial charge in [0.15, 0.2) is 5.13 Å². The zero-order chi connectivity index (χ0) is 11.6. The van der Waals surface area contributed by atoms with Crippen LogP contribution in [0.4, 0.5) is 5.13 Å². The second-order valence-electron chi connectivity index (χ2n) is 6.17. The fraction of sp³-hybridized carbons (Fsp3) is 0.769. The average molecular weight is 269 g/mol. The molecule has 92 valence electrons. The van der Waals surface area contributed by atoms with E-state index in [1.807, 2.05) is 0 Å². The summed E-state index contributed by atoms with van der Waals surface area (Å²) in [6, 6.07) is 0. The van der Waals surface area contributed by atoms with Crippen molar-refractivity contribution in [3.05, 3.63) is 10.0 Å². The lowest BCUT2D eigenvalue weighted by molar-refractivity contribution is -0.00389. The Kier molecular flexibility index (Phi) is 2.26. The van der Waals surface area contributed by atoms with Gasteiger partial charge in [-0.3, -0.25) is 0 Å². The summed E-state index contributed by atoms with van der Waals surface area (Å²) in [5.41, 5.74) is 6.92. The fourth-order valence-corrected chi connectivity index (χ4v) is 5.93. The summed E-state index contributed by atoms with van der Waals surface area (Å²) >= 11 is 7.76. The molecule has 0 aliphatic heterocycles. The standard InChI is InChI=1S/C13H17ClN2S/c14-12-11(16-13(15)17-12)10-8-2-6-1-7(4-8)5-9(10)3-6/h6-10H,1-5H2,(H2,15,16). The van der Waals surface area contributed by atoms with Crippen molar-refractivity contribution in [3.8, 4) is 0 Å². The van der Waals surface area contributed by atoms with Gasteiger partial charge in [0, 0.05) is 5.92 Å². The number of rotatable bonds is 1. The van der Waals surface area contributed by atoms with Crippen molar-refractivity contribution in [3.63, 3.8) is 0 Å². The Bertz CT molecular complexity index is 428. The third-order valence-corrected chi connectivity index (χ3v) is 6.28. The maximum atomic E-state index is 6.31. The molecule has 4 heteroatoms. The van der Waals surface area contributed by atoms with E-state index in [-0.39, 0.29) is 0 Å². The smallest absolute Gasteiger partial charge is 0.181 e. The molecule has 0 saturated heterocycles. The summed E-state index contributed by atoms with van der Waals surface area (Å²) < 4.78 is 0.847. The number of hydrogen-bond donors (Lipinski definition) is 1. The largest absolute Gasteiger partial charge is 0.375 e. The Hall–Kier alpha value is -0.280. The van der Waals surface area contributed by atoms with Gasteiger partial charge in [-0.1, -0.05) is 22.9 Å².